The number of amides is 1. The number of benzene rings is 1. The number of aromatic amines is 1. The van der Waals surface area contributed by atoms with Crippen LogP contribution in [0.5, 0.6) is 0 Å². The second-order valence-corrected chi connectivity index (χ2v) is 8.83. The fourth-order valence-corrected chi connectivity index (χ4v) is 4.13. The third-order valence-electron chi connectivity index (χ3n) is 6.25. The van der Waals surface area contributed by atoms with Crippen molar-refractivity contribution in [3.63, 3.8) is 0 Å². The summed E-state index contributed by atoms with van der Waals surface area (Å²) in [4.78, 5) is 46.1. The summed E-state index contributed by atoms with van der Waals surface area (Å²) < 4.78 is 6.62. The number of aromatic nitrogens is 3. The topological polar surface area (TPSA) is 130 Å². The molecule has 1 aliphatic heterocycles. The Kier molecular flexibility index (Phi) is 6.69. The number of fused-ring (bicyclic) bond motifs is 1. The van der Waals surface area contributed by atoms with E-state index >= 15 is 0 Å². The van der Waals surface area contributed by atoms with Gasteiger partial charge in [-0.15, -0.1) is 0 Å². The highest BCUT2D eigenvalue weighted by Gasteiger charge is 2.23. The summed E-state index contributed by atoms with van der Waals surface area (Å²) in [6.45, 7) is 8.43. The molecule has 1 aromatic carbocycles. The van der Waals surface area contributed by atoms with Gasteiger partial charge in [-0.05, 0) is 30.0 Å². The lowest BCUT2D eigenvalue weighted by Crippen LogP contribution is -2.37. The van der Waals surface area contributed by atoms with E-state index in [0.717, 1.165) is 0 Å². The highest BCUT2D eigenvalue weighted by Crippen LogP contribution is 2.33. The van der Waals surface area contributed by atoms with E-state index in [4.69, 9.17) is 4.74 Å². The second kappa shape index (κ2) is 9.68. The third kappa shape index (κ3) is 4.81. The lowest BCUT2D eigenvalue weighted by molar-refractivity contribution is -0.115. The zero-order valence-electron chi connectivity index (χ0n) is 19.5. The Balaban J connectivity index is 1.60. The fraction of sp³-hybridized carbons (Fsp3) is 0.417. The first-order valence-corrected chi connectivity index (χ1v) is 11.3. The summed E-state index contributed by atoms with van der Waals surface area (Å²) in [5.41, 5.74) is 1.36. The first-order valence-electron chi connectivity index (χ1n) is 11.3. The number of rotatable bonds is 6. The van der Waals surface area contributed by atoms with E-state index in [0.29, 0.717) is 54.4 Å². The normalized spacial score (nSPS) is 15.0. The quantitative estimate of drug-likeness (QED) is 0.508. The maximum absolute atomic E-state index is 12.9. The number of carbonyl (C=O) groups is 2. The summed E-state index contributed by atoms with van der Waals surface area (Å²) in [7, 11) is 0. The number of hydrogen-bond donors (Lipinski definition) is 3. The molecule has 1 atom stereocenters. The van der Waals surface area contributed by atoms with Crippen molar-refractivity contribution in [1.82, 2.24) is 14.5 Å². The minimum Gasteiger partial charge on any atom is -0.464 e. The van der Waals surface area contributed by atoms with Crippen LogP contribution in [-0.4, -0.2) is 57.9 Å². The Morgan fingerprint density at radius 3 is 2.62 bits per heavy atom. The first-order chi connectivity index (χ1) is 16.2. The summed E-state index contributed by atoms with van der Waals surface area (Å²) >= 11 is 0. The Morgan fingerprint density at radius 1 is 1.21 bits per heavy atom. The average molecular weight is 468 g/mol. The molecule has 3 aromatic rings. The number of H-pyrrole nitrogens is 1. The van der Waals surface area contributed by atoms with E-state index in [9.17, 15) is 19.5 Å². The zero-order valence-corrected chi connectivity index (χ0v) is 19.5. The minimum absolute atomic E-state index is 0.00394. The van der Waals surface area contributed by atoms with Crippen LogP contribution in [0.15, 0.2) is 35.1 Å². The number of ether oxygens (including phenoxy) is 1. The molecular formula is C24H29N5O5. The van der Waals surface area contributed by atoms with E-state index in [2.05, 4.69) is 15.3 Å². The van der Waals surface area contributed by atoms with E-state index in [1.54, 1.807) is 18.2 Å². The summed E-state index contributed by atoms with van der Waals surface area (Å²) in [5.74, 6) is 0.654. The van der Waals surface area contributed by atoms with Gasteiger partial charge >= 0.3 is 6.09 Å². The molecule has 0 radical (unpaired) electrons. The molecule has 0 saturated carbocycles. The van der Waals surface area contributed by atoms with Crippen LogP contribution in [0.1, 0.15) is 38.2 Å². The van der Waals surface area contributed by atoms with Crippen LogP contribution < -0.4 is 15.8 Å². The molecule has 0 spiro atoms. The number of morpholine rings is 1. The third-order valence-corrected chi connectivity index (χ3v) is 6.25. The lowest BCUT2D eigenvalue weighted by atomic mass is 9.94. The predicted octanol–water partition coefficient (Wildman–Crippen LogP) is 3.03. The molecule has 34 heavy (non-hydrogen) atoms. The average Bonchev–Trinajstić information content (AvgIpc) is 3.19. The van der Waals surface area contributed by atoms with Crippen molar-refractivity contribution in [2.75, 3.05) is 36.5 Å². The predicted molar refractivity (Wildman–Crippen MR) is 129 cm³/mol. The largest absolute Gasteiger partial charge is 0.464 e. The van der Waals surface area contributed by atoms with Crippen molar-refractivity contribution in [2.24, 2.45) is 5.92 Å². The molecule has 0 aliphatic carbocycles. The summed E-state index contributed by atoms with van der Waals surface area (Å²) in [6, 6.07) is 8.40. The number of anilines is 2. The molecular weight excluding hydrogens is 438 g/mol. The second-order valence-electron chi connectivity index (χ2n) is 8.83. The smallest absolute Gasteiger partial charge is 0.416 e. The van der Waals surface area contributed by atoms with Gasteiger partial charge in [0, 0.05) is 30.2 Å². The van der Waals surface area contributed by atoms with Crippen LogP contribution in [0.2, 0.25) is 0 Å². The highest BCUT2D eigenvalue weighted by molar-refractivity contribution is 6.04. The summed E-state index contributed by atoms with van der Waals surface area (Å²) in [6.07, 6.45) is -1.19. The van der Waals surface area contributed by atoms with E-state index < -0.39 is 6.09 Å². The molecule has 1 saturated heterocycles. The van der Waals surface area contributed by atoms with Crippen molar-refractivity contribution < 1.29 is 19.4 Å². The van der Waals surface area contributed by atoms with Gasteiger partial charge in [-0.2, -0.15) is 0 Å². The SMILES string of the molecule is CC(C)C(C)c1cc2c(NC(=O)Cc3nc(N4CCOCC4)cc(=O)[nH]3)cccc2n1C(=O)O. The minimum atomic E-state index is -1.07. The Labute approximate surface area is 196 Å². The molecule has 1 unspecified atom stereocenters. The maximum Gasteiger partial charge on any atom is 0.416 e. The maximum atomic E-state index is 12.9. The molecule has 3 heterocycles. The van der Waals surface area contributed by atoms with Crippen molar-refractivity contribution >= 4 is 34.4 Å². The Hall–Kier alpha value is -3.66. The van der Waals surface area contributed by atoms with Crippen molar-refractivity contribution in [3.8, 4) is 0 Å². The molecule has 2 aromatic heterocycles. The Morgan fingerprint density at radius 2 is 1.94 bits per heavy atom. The van der Waals surface area contributed by atoms with Crippen LogP contribution in [0.3, 0.4) is 0 Å². The number of nitrogens with one attached hydrogen (secondary N) is 2. The summed E-state index contributed by atoms with van der Waals surface area (Å²) in [5, 5.41) is 13.3. The molecule has 1 amide bonds. The van der Waals surface area contributed by atoms with E-state index in [1.165, 1.54) is 10.6 Å². The van der Waals surface area contributed by atoms with Gasteiger partial charge in [-0.25, -0.2) is 14.3 Å². The van der Waals surface area contributed by atoms with Crippen LogP contribution in [-0.2, 0) is 16.0 Å². The molecule has 1 aliphatic rings. The van der Waals surface area contributed by atoms with Crippen molar-refractivity contribution in [2.45, 2.75) is 33.1 Å². The number of carbonyl (C=O) groups excluding carboxylic acids is 1. The van der Waals surface area contributed by atoms with Gasteiger partial charge in [0.05, 0.1) is 30.8 Å². The Bertz CT molecular complexity index is 1270. The van der Waals surface area contributed by atoms with Crippen molar-refractivity contribution in [3.05, 3.63) is 52.2 Å². The lowest BCUT2D eigenvalue weighted by Gasteiger charge is -2.27. The highest BCUT2D eigenvalue weighted by atomic mass is 16.5. The molecule has 3 N–H and O–H groups in total. The van der Waals surface area contributed by atoms with Crippen molar-refractivity contribution in [1.29, 1.82) is 0 Å². The van der Waals surface area contributed by atoms with Gasteiger partial charge in [-0.3, -0.25) is 9.59 Å². The van der Waals surface area contributed by atoms with E-state index in [-0.39, 0.29) is 35.5 Å². The zero-order chi connectivity index (χ0) is 24.4. The monoisotopic (exact) mass is 467 g/mol. The molecule has 10 nitrogen and oxygen atoms in total. The van der Waals surface area contributed by atoms with Gasteiger partial charge in [0.2, 0.25) is 5.91 Å². The molecule has 10 heteroatoms. The van der Waals surface area contributed by atoms with Crippen LogP contribution >= 0.6 is 0 Å². The number of nitrogens with zero attached hydrogens (tertiary/aromatic N) is 3. The van der Waals surface area contributed by atoms with Gasteiger partial charge in [0.1, 0.15) is 11.6 Å². The van der Waals surface area contributed by atoms with Crippen LogP contribution in [0.4, 0.5) is 16.3 Å². The molecule has 0 bridgehead atoms. The fourth-order valence-electron chi connectivity index (χ4n) is 4.13. The molecule has 180 valence electrons. The number of carboxylic acid groups (broad SMARTS) is 1. The molecule has 4 rings (SSSR count). The van der Waals surface area contributed by atoms with Gasteiger partial charge in [0.25, 0.3) is 5.56 Å². The standard InChI is InChI=1S/C24H29N5O5/c1-14(2)15(3)19-11-16-17(5-4-6-18(16)29(19)24(32)33)25-22(30)12-20-26-21(13-23(31)27-20)28-7-9-34-10-8-28/h4-6,11,13-15H,7-10,12H2,1-3H3,(H,25,30)(H,32,33)(H,26,27,31). The van der Waals surface area contributed by atoms with Gasteiger partial charge in [0.15, 0.2) is 0 Å². The number of hydrogen-bond acceptors (Lipinski definition) is 6. The van der Waals surface area contributed by atoms with Gasteiger partial charge < -0.3 is 25.0 Å². The van der Waals surface area contributed by atoms with E-state index in [1.807, 2.05) is 31.7 Å². The van der Waals surface area contributed by atoms with Crippen LogP contribution in [0.25, 0.3) is 10.9 Å². The van der Waals surface area contributed by atoms with Gasteiger partial charge in [-0.1, -0.05) is 26.8 Å². The van der Waals surface area contributed by atoms with Crippen LogP contribution in [0, 0.1) is 5.92 Å². The molecule has 1 fully saturated rings. The first kappa shape index (κ1) is 23.5.